The quantitative estimate of drug-likeness (QED) is 0.568. The number of carbonyl (C=O) groups excluding carboxylic acids is 3. The molecule has 194 valence electrons. The molecule has 10 heteroatoms. The third-order valence-electron chi connectivity index (χ3n) is 6.73. The van der Waals surface area contributed by atoms with Crippen LogP contribution < -0.4 is 15.4 Å². The highest BCUT2D eigenvalue weighted by Gasteiger charge is 2.41. The second-order valence-electron chi connectivity index (χ2n) is 9.70. The zero-order valence-corrected chi connectivity index (χ0v) is 20.3. The van der Waals surface area contributed by atoms with E-state index in [1.165, 1.54) is 18.2 Å². The van der Waals surface area contributed by atoms with E-state index in [4.69, 9.17) is 9.47 Å². The van der Waals surface area contributed by atoms with Crippen LogP contribution in [0.3, 0.4) is 0 Å². The second kappa shape index (κ2) is 10.6. The Morgan fingerprint density at radius 2 is 1.86 bits per heavy atom. The maximum absolute atomic E-state index is 12.7. The van der Waals surface area contributed by atoms with Gasteiger partial charge in [-0.05, 0) is 55.2 Å². The van der Waals surface area contributed by atoms with Crippen molar-refractivity contribution in [1.29, 1.82) is 0 Å². The molecule has 1 saturated carbocycles. The Hall–Kier alpha value is -3.92. The number of carbonyl (C=O) groups is 4. The molecule has 2 aromatic rings. The molecule has 0 spiro atoms. The van der Waals surface area contributed by atoms with Crippen LogP contribution in [0.25, 0.3) is 0 Å². The molecule has 3 aliphatic rings. The van der Waals surface area contributed by atoms with Gasteiger partial charge in [0.15, 0.2) is 0 Å². The molecular weight excluding hydrogens is 478 g/mol. The molecule has 1 aliphatic carbocycles. The molecule has 37 heavy (non-hydrogen) atoms. The number of hydrogen-bond donors (Lipinski definition) is 3. The molecule has 2 aliphatic heterocycles. The first-order valence-corrected chi connectivity index (χ1v) is 12.5. The van der Waals surface area contributed by atoms with Crippen molar-refractivity contribution < 1.29 is 33.8 Å². The summed E-state index contributed by atoms with van der Waals surface area (Å²) in [5, 5.41) is 15.2. The zero-order chi connectivity index (χ0) is 25.9. The molecule has 2 aromatic carbocycles. The molecule has 4 bridgehead atoms. The summed E-state index contributed by atoms with van der Waals surface area (Å²) in [4.78, 5) is 51.4. The number of nitrogens with zero attached hydrogens (tertiary/aromatic N) is 1. The van der Waals surface area contributed by atoms with E-state index in [0.29, 0.717) is 25.3 Å². The van der Waals surface area contributed by atoms with Gasteiger partial charge in [-0.2, -0.15) is 0 Å². The number of nitrogens with one attached hydrogen (secondary N) is 2. The molecular formula is C27H29N3O7. The molecule has 0 unspecified atom stereocenters. The second-order valence-corrected chi connectivity index (χ2v) is 9.70. The van der Waals surface area contributed by atoms with Crippen molar-refractivity contribution >= 4 is 23.7 Å². The lowest BCUT2D eigenvalue weighted by Gasteiger charge is -2.20. The Labute approximate surface area is 213 Å². The Kier molecular flexibility index (Phi) is 7.09. The lowest BCUT2D eigenvalue weighted by molar-refractivity contribution is -0.132. The van der Waals surface area contributed by atoms with E-state index in [2.05, 4.69) is 10.6 Å². The average molecular weight is 508 g/mol. The molecule has 1 saturated heterocycles. The van der Waals surface area contributed by atoms with E-state index in [1.54, 1.807) is 23.1 Å². The first kappa shape index (κ1) is 24.8. The van der Waals surface area contributed by atoms with Crippen molar-refractivity contribution in [2.45, 2.75) is 44.4 Å². The number of hydrogen-bond acceptors (Lipinski definition) is 6. The Bertz CT molecular complexity index is 1230. The van der Waals surface area contributed by atoms with E-state index >= 15 is 0 Å². The SMILES string of the molecule is O=C1CCCNC(=O)c2cc(cc(C(=O)O)c2)Oc2cccc(c2)CO[C@H]2CN(C(=O)C3CC3)C[C@@H]2N1. The summed E-state index contributed by atoms with van der Waals surface area (Å²) < 4.78 is 12.1. The zero-order valence-electron chi connectivity index (χ0n) is 20.3. The van der Waals surface area contributed by atoms with Crippen LogP contribution in [0.2, 0.25) is 0 Å². The van der Waals surface area contributed by atoms with Gasteiger partial charge < -0.3 is 30.1 Å². The number of carboxylic acid groups (broad SMARTS) is 1. The van der Waals surface area contributed by atoms with Crippen LogP contribution in [0.4, 0.5) is 0 Å². The van der Waals surface area contributed by atoms with Gasteiger partial charge in [0.1, 0.15) is 11.5 Å². The van der Waals surface area contributed by atoms with Gasteiger partial charge in [0.05, 0.1) is 24.3 Å². The first-order chi connectivity index (χ1) is 17.9. The minimum atomic E-state index is -1.18. The highest BCUT2D eigenvalue weighted by Crippen LogP contribution is 2.33. The predicted octanol–water partition coefficient (Wildman–Crippen LogP) is 2.32. The van der Waals surface area contributed by atoms with Gasteiger partial charge in [-0.15, -0.1) is 0 Å². The van der Waals surface area contributed by atoms with Gasteiger partial charge >= 0.3 is 5.97 Å². The summed E-state index contributed by atoms with van der Waals surface area (Å²) in [5.41, 5.74) is 0.880. The number of fused-ring (bicyclic) bond motifs is 5. The minimum absolute atomic E-state index is 0.0755. The lowest BCUT2D eigenvalue weighted by Crippen LogP contribution is -2.44. The summed E-state index contributed by atoms with van der Waals surface area (Å²) in [7, 11) is 0. The monoisotopic (exact) mass is 507 g/mol. The number of amides is 3. The normalized spacial score (nSPS) is 22.5. The van der Waals surface area contributed by atoms with Crippen LogP contribution in [-0.4, -0.2) is 65.5 Å². The van der Waals surface area contributed by atoms with Crippen molar-refractivity contribution in [2.75, 3.05) is 19.6 Å². The Balaban J connectivity index is 1.39. The van der Waals surface area contributed by atoms with Gasteiger partial charge in [-0.25, -0.2) is 4.79 Å². The fourth-order valence-electron chi connectivity index (χ4n) is 4.63. The molecule has 10 nitrogen and oxygen atoms in total. The van der Waals surface area contributed by atoms with Crippen LogP contribution in [0.1, 0.15) is 52.0 Å². The maximum Gasteiger partial charge on any atom is 0.335 e. The molecule has 2 heterocycles. The van der Waals surface area contributed by atoms with E-state index < -0.39 is 11.9 Å². The summed E-state index contributed by atoms with van der Waals surface area (Å²) in [6.45, 7) is 1.30. The van der Waals surface area contributed by atoms with Crippen molar-refractivity contribution in [3.63, 3.8) is 0 Å². The number of benzene rings is 2. The standard InChI is InChI=1S/C27H29N3O7/c31-24-5-2-8-28-25(32)18-10-19(27(34)35)12-21(11-18)37-20-4-1-3-16(9-20)15-36-23-14-30(13-22(23)29-24)26(33)17-6-7-17/h1,3-4,9-12,17,22-23H,2,5-8,13-15H2,(H,28,32)(H,29,31)(H,34,35)/t22-,23-/m0/s1. The van der Waals surface area contributed by atoms with Crippen LogP contribution in [-0.2, 0) is 20.9 Å². The van der Waals surface area contributed by atoms with Crippen LogP contribution in [0.15, 0.2) is 42.5 Å². The molecule has 2 fully saturated rings. The Morgan fingerprint density at radius 3 is 2.65 bits per heavy atom. The number of aromatic carboxylic acids is 1. The van der Waals surface area contributed by atoms with E-state index in [-0.39, 0.29) is 66.3 Å². The van der Waals surface area contributed by atoms with Crippen LogP contribution in [0, 0.1) is 5.92 Å². The van der Waals surface area contributed by atoms with Crippen molar-refractivity contribution in [1.82, 2.24) is 15.5 Å². The van der Waals surface area contributed by atoms with Gasteiger partial charge in [-0.3, -0.25) is 14.4 Å². The third kappa shape index (κ3) is 6.08. The van der Waals surface area contributed by atoms with Gasteiger partial charge in [0.25, 0.3) is 5.91 Å². The van der Waals surface area contributed by atoms with Gasteiger partial charge in [0.2, 0.25) is 11.8 Å². The molecule has 2 atom stereocenters. The van der Waals surface area contributed by atoms with Gasteiger partial charge in [-0.1, -0.05) is 12.1 Å². The highest BCUT2D eigenvalue weighted by molar-refractivity contribution is 5.98. The Morgan fingerprint density at radius 1 is 1.03 bits per heavy atom. The molecule has 0 radical (unpaired) electrons. The largest absolute Gasteiger partial charge is 0.478 e. The van der Waals surface area contributed by atoms with E-state index in [1.807, 2.05) is 6.07 Å². The summed E-state index contributed by atoms with van der Waals surface area (Å²) in [5.74, 6) is -0.944. The van der Waals surface area contributed by atoms with Crippen molar-refractivity contribution in [3.8, 4) is 11.5 Å². The number of rotatable bonds is 2. The molecule has 3 amide bonds. The fourth-order valence-corrected chi connectivity index (χ4v) is 4.63. The first-order valence-electron chi connectivity index (χ1n) is 12.5. The smallest absolute Gasteiger partial charge is 0.335 e. The molecule has 0 aromatic heterocycles. The molecule has 3 N–H and O–H groups in total. The number of carboxylic acids is 1. The number of likely N-dealkylation sites (tertiary alicyclic amines) is 1. The minimum Gasteiger partial charge on any atom is -0.478 e. The number of ether oxygens (including phenoxy) is 2. The van der Waals surface area contributed by atoms with Crippen molar-refractivity contribution in [3.05, 3.63) is 59.2 Å². The lowest BCUT2D eigenvalue weighted by atomic mass is 10.1. The summed E-state index contributed by atoms with van der Waals surface area (Å²) >= 11 is 0. The summed E-state index contributed by atoms with van der Waals surface area (Å²) in [6, 6.07) is 11.0. The van der Waals surface area contributed by atoms with Crippen molar-refractivity contribution in [2.24, 2.45) is 5.92 Å². The highest BCUT2D eigenvalue weighted by atomic mass is 16.5. The van der Waals surface area contributed by atoms with Crippen LogP contribution >= 0.6 is 0 Å². The van der Waals surface area contributed by atoms with Gasteiger partial charge in [0, 0.05) is 37.5 Å². The fraction of sp³-hybridized carbons (Fsp3) is 0.407. The molecule has 5 rings (SSSR count). The van der Waals surface area contributed by atoms with E-state index in [9.17, 15) is 24.3 Å². The topological polar surface area (TPSA) is 134 Å². The average Bonchev–Trinajstić information content (AvgIpc) is 3.65. The van der Waals surface area contributed by atoms with Crippen LogP contribution in [0.5, 0.6) is 11.5 Å². The third-order valence-corrected chi connectivity index (χ3v) is 6.73. The van der Waals surface area contributed by atoms with E-state index in [0.717, 1.165) is 18.4 Å². The predicted molar refractivity (Wildman–Crippen MR) is 131 cm³/mol. The summed E-state index contributed by atoms with van der Waals surface area (Å²) in [6.07, 6.45) is 2.04. The maximum atomic E-state index is 12.7.